The Hall–Kier alpha value is -1.60. The van der Waals surface area contributed by atoms with Crippen LogP contribution in [0.2, 0.25) is 0 Å². The molecule has 1 aliphatic rings. The van der Waals surface area contributed by atoms with Gasteiger partial charge in [0.2, 0.25) is 0 Å². The van der Waals surface area contributed by atoms with E-state index in [2.05, 4.69) is 10.4 Å². The summed E-state index contributed by atoms with van der Waals surface area (Å²) >= 11 is 0. The van der Waals surface area contributed by atoms with Crippen LogP contribution in [0.4, 0.5) is 10.1 Å². The zero-order valence-corrected chi connectivity index (χ0v) is 9.04. The molecule has 1 saturated heterocycles. The minimum atomic E-state index is -0.468. The van der Waals surface area contributed by atoms with E-state index < -0.39 is 5.82 Å². The van der Waals surface area contributed by atoms with Crippen LogP contribution >= 0.6 is 0 Å². The highest BCUT2D eigenvalue weighted by atomic mass is 19.1. The smallest absolute Gasteiger partial charge is 0.143 e. The number of nitriles is 1. The van der Waals surface area contributed by atoms with E-state index in [1.807, 2.05) is 6.07 Å². The molecule has 1 N–H and O–H groups in total. The number of hydrogen-bond donors (Lipinski definition) is 1. The average Bonchev–Trinajstić information content (AvgIpc) is 2.31. The summed E-state index contributed by atoms with van der Waals surface area (Å²) in [6.07, 6.45) is 3.61. The van der Waals surface area contributed by atoms with Crippen molar-refractivity contribution in [1.82, 2.24) is 5.01 Å². The van der Waals surface area contributed by atoms with Gasteiger partial charge in [0.15, 0.2) is 0 Å². The van der Waals surface area contributed by atoms with Crippen LogP contribution in [-0.2, 0) is 0 Å². The molecule has 0 radical (unpaired) electrons. The molecular weight excluding hydrogens is 205 g/mol. The van der Waals surface area contributed by atoms with Crippen LogP contribution in [0.25, 0.3) is 0 Å². The minimum Gasteiger partial charge on any atom is -0.319 e. The molecule has 16 heavy (non-hydrogen) atoms. The van der Waals surface area contributed by atoms with E-state index in [1.54, 1.807) is 6.07 Å². The van der Waals surface area contributed by atoms with Gasteiger partial charge in [0.25, 0.3) is 0 Å². The second-order valence-corrected chi connectivity index (χ2v) is 3.97. The zero-order chi connectivity index (χ0) is 11.4. The van der Waals surface area contributed by atoms with Gasteiger partial charge in [-0.2, -0.15) is 5.26 Å². The van der Waals surface area contributed by atoms with Gasteiger partial charge in [-0.15, -0.1) is 0 Å². The first-order valence-electron chi connectivity index (χ1n) is 5.51. The van der Waals surface area contributed by atoms with Crippen molar-refractivity contribution in [2.45, 2.75) is 19.3 Å². The van der Waals surface area contributed by atoms with Gasteiger partial charge in [-0.3, -0.25) is 0 Å². The van der Waals surface area contributed by atoms with E-state index in [-0.39, 0.29) is 5.56 Å². The topological polar surface area (TPSA) is 39.1 Å². The number of hydrazine groups is 1. The number of anilines is 1. The Morgan fingerprint density at radius 2 is 2.00 bits per heavy atom. The predicted molar refractivity (Wildman–Crippen MR) is 60.2 cm³/mol. The highest BCUT2D eigenvalue weighted by Gasteiger charge is 2.10. The van der Waals surface area contributed by atoms with Crippen molar-refractivity contribution in [3.63, 3.8) is 0 Å². The molecule has 0 aromatic heterocycles. The Morgan fingerprint density at radius 3 is 2.62 bits per heavy atom. The van der Waals surface area contributed by atoms with Gasteiger partial charge in [0.1, 0.15) is 11.9 Å². The number of benzene rings is 1. The van der Waals surface area contributed by atoms with Gasteiger partial charge < -0.3 is 5.43 Å². The summed E-state index contributed by atoms with van der Waals surface area (Å²) in [6.45, 7) is 1.98. The van der Waals surface area contributed by atoms with E-state index in [0.717, 1.165) is 13.1 Å². The fourth-order valence-electron chi connectivity index (χ4n) is 1.86. The monoisotopic (exact) mass is 219 g/mol. The number of nitrogens with one attached hydrogen (secondary N) is 1. The lowest BCUT2D eigenvalue weighted by molar-refractivity contribution is 0.273. The molecule has 1 heterocycles. The first-order chi connectivity index (χ1) is 7.79. The highest BCUT2D eigenvalue weighted by molar-refractivity contribution is 5.47. The Labute approximate surface area is 94.5 Å². The molecule has 4 heteroatoms. The number of nitrogens with zero attached hydrogens (tertiary/aromatic N) is 2. The van der Waals surface area contributed by atoms with Crippen LogP contribution in [0.1, 0.15) is 24.8 Å². The van der Waals surface area contributed by atoms with Crippen molar-refractivity contribution in [2.75, 3.05) is 18.5 Å². The lowest BCUT2D eigenvalue weighted by atomic mass is 10.1. The third kappa shape index (κ3) is 2.50. The Balaban J connectivity index is 2.04. The summed E-state index contributed by atoms with van der Waals surface area (Å²) in [4.78, 5) is 0. The molecule has 2 rings (SSSR count). The van der Waals surface area contributed by atoms with Crippen LogP contribution in [0, 0.1) is 17.1 Å². The quantitative estimate of drug-likeness (QED) is 0.830. The van der Waals surface area contributed by atoms with Gasteiger partial charge in [0.05, 0.1) is 11.3 Å². The van der Waals surface area contributed by atoms with E-state index in [0.29, 0.717) is 5.69 Å². The van der Waals surface area contributed by atoms with Gasteiger partial charge >= 0.3 is 0 Å². The summed E-state index contributed by atoms with van der Waals surface area (Å²) in [5, 5.41) is 10.7. The summed E-state index contributed by atoms with van der Waals surface area (Å²) < 4.78 is 13.3. The molecule has 0 bridgehead atoms. The molecule has 0 aliphatic carbocycles. The highest BCUT2D eigenvalue weighted by Crippen LogP contribution is 2.16. The fourth-order valence-corrected chi connectivity index (χ4v) is 1.86. The number of halogens is 1. The van der Waals surface area contributed by atoms with Crippen LogP contribution < -0.4 is 5.43 Å². The molecule has 1 aromatic rings. The summed E-state index contributed by atoms with van der Waals surface area (Å²) in [5.74, 6) is -0.468. The molecule has 84 valence electrons. The van der Waals surface area contributed by atoms with Gasteiger partial charge in [-0.05, 0) is 31.0 Å². The lowest BCUT2D eigenvalue weighted by Gasteiger charge is -2.27. The molecule has 0 unspecified atom stereocenters. The summed E-state index contributed by atoms with van der Waals surface area (Å²) in [6, 6.07) is 6.41. The van der Waals surface area contributed by atoms with Crippen LogP contribution in [0.15, 0.2) is 18.2 Å². The number of hydrogen-bond acceptors (Lipinski definition) is 3. The second kappa shape index (κ2) is 4.95. The Bertz CT molecular complexity index is 405. The Morgan fingerprint density at radius 1 is 1.25 bits per heavy atom. The SMILES string of the molecule is N#Cc1ccc(NN2CCCCC2)cc1F. The largest absolute Gasteiger partial charge is 0.319 e. The van der Waals surface area contributed by atoms with E-state index in [9.17, 15) is 4.39 Å². The third-order valence-electron chi connectivity index (χ3n) is 2.73. The molecule has 0 spiro atoms. The summed E-state index contributed by atoms with van der Waals surface area (Å²) in [7, 11) is 0. The van der Waals surface area contributed by atoms with Crippen LogP contribution in [-0.4, -0.2) is 18.1 Å². The van der Waals surface area contributed by atoms with Crippen LogP contribution in [0.3, 0.4) is 0 Å². The maximum absolute atomic E-state index is 13.3. The van der Waals surface area contributed by atoms with E-state index >= 15 is 0 Å². The predicted octanol–water partition coefficient (Wildman–Crippen LogP) is 2.51. The average molecular weight is 219 g/mol. The lowest BCUT2D eigenvalue weighted by Crippen LogP contribution is -2.34. The number of rotatable bonds is 2. The summed E-state index contributed by atoms with van der Waals surface area (Å²) in [5.41, 5.74) is 3.95. The zero-order valence-electron chi connectivity index (χ0n) is 9.04. The molecule has 1 aromatic carbocycles. The standard InChI is InChI=1S/C12H14FN3/c13-12-8-11(5-4-10(12)9-14)15-16-6-2-1-3-7-16/h4-5,8,15H,1-3,6-7H2. The molecule has 3 nitrogen and oxygen atoms in total. The van der Waals surface area contributed by atoms with Gasteiger partial charge in [-0.1, -0.05) is 6.42 Å². The van der Waals surface area contributed by atoms with Crippen molar-refractivity contribution < 1.29 is 4.39 Å². The van der Waals surface area contributed by atoms with E-state index in [4.69, 9.17) is 5.26 Å². The van der Waals surface area contributed by atoms with Crippen molar-refractivity contribution in [3.05, 3.63) is 29.6 Å². The minimum absolute atomic E-state index is 0.0872. The second-order valence-electron chi connectivity index (χ2n) is 3.97. The van der Waals surface area contributed by atoms with Crippen LogP contribution in [0.5, 0.6) is 0 Å². The van der Waals surface area contributed by atoms with Crippen molar-refractivity contribution in [2.24, 2.45) is 0 Å². The first kappa shape index (κ1) is 10.9. The molecule has 0 amide bonds. The third-order valence-corrected chi connectivity index (χ3v) is 2.73. The molecule has 0 saturated carbocycles. The molecule has 1 aliphatic heterocycles. The van der Waals surface area contributed by atoms with E-state index in [1.165, 1.54) is 31.4 Å². The first-order valence-corrected chi connectivity index (χ1v) is 5.51. The van der Waals surface area contributed by atoms with Gasteiger partial charge in [0, 0.05) is 13.1 Å². The van der Waals surface area contributed by atoms with Crippen molar-refractivity contribution in [3.8, 4) is 6.07 Å². The molecular formula is C12H14FN3. The number of piperidine rings is 1. The normalized spacial score (nSPS) is 16.8. The Kier molecular flexibility index (Phi) is 3.37. The molecule has 0 atom stereocenters. The fraction of sp³-hybridized carbons (Fsp3) is 0.417. The maximum Gasteiger partial charge on any atom is 0.143 e. The maximum atomic E-state index is 13.3. The van der Waals surface area contributed by atoms with Crippen molar-refractivity contribution in [1.29, 1.82) is 5.26 Å². The van der Waals surface area contributed by atoms with Crippen molar-refractivity contribution >= 4 is 5.69 Å². The van der Waals surface area contributed by atoms with Gasteiger partial charge in [-0.25, -0.2) is 9.40 Å². The molecule has 1 fully saturated rings.